The van der Waals surface area contributed by atoms with Gasteiger partial charge in [-0.2, -0.15) is 0 Å². The second kappa shape index (κ2) is 12.8. The first-order valence-corrected chi connectivity index (χ1v) is 10.1. The van der Waals surface area contributed by atoms with Gasteiger partial charge in [0.15, 0.2) is 5.96 Å². The monoisotopic (exact) mass is 491 g/mol. The van der Waals surface area contributed by atoms with Crippen LogP contribution in [0.2, 0.25) is 0 Å². The van der Waals surface area contributed by atoms with Gasteiger partial charge in [0.1, 0.15) is 0 Å². The lowest BCUT2D eigenvalue weighted by atomic mass is 10.2. The fraction of sp³-hybridized carbons (Fsp3) is 0.632. The molecule has 0 aliphatic carbocycles. The molecule has 0 spiro atoms. The van der Waals surface area contributed by atoms with Gasteiger partial charge in [-0.25, -0.2) is 0 Å². The number of nitrogens with zero attached hydrogens (tertiary/aromatic N) is 3. The van der Waals surface area contributed by atoms with Crippen LogP contribution in [0.3, 0.4) is 0 Å². The topological polar surface area (TPSA) is 42.9 Å². The van der Waals surface area contributed by atoms with Crippen LogP contribution in [-0.2, 0) is 0 Å². The van der Waals surface area contributed by atoms with Crippen LogP contribution >= 0.6 is 35.7 Å². The normalized spacial score (nSPS) is 20.3. The standard InChI is InChI=1S/C19H33N5S.HI/c1-5-20-19(22-14-17-15-23(3)11-12-24(17)4)21-13-16(2)25-18-9-7-6-8-10-18;/h6-10,16-17H,5,11-15H2,1-4H3,(H2,20,21,22);1H. The summed E-state index contributed by atoms with van der Waals surface area (Å²) in [6, 6.07) is 11.1. The van der Waals surface area contributed by atoms with Crippen LogP contribution in [0.5, 0.6) is 0 Å². The Morgan fingerprint density at radius 3 is 2.65 bits per heavy atom. The molecular formula is C19H34IN5S. The molecule has 7 heteroatoms. The Balaban J connectivity index is 0.00000338. The summed E-state index contributed by atoms with van der Waals surface area (Å²) < 4.78 is 0. The highest BCUT2D eigenvalue weighted by atomic mass is 127. The van der Waals surface area contributed by atoms with Crippen LogP contribution in [0.1, 0.15) is 13.8 Å². The van der Waals surface area contributed by atoms with Crippen LogP contribution in [-0.4, -0.2) is 80.4 Å². The molecule has 2 rings (SSSR count). The molecule has 1 saturated heterocycles. The lowest BCUT2D eigenvalue weighted by molar-refractivity contribution is 0.116. The molecular weight excluding hydrogens is 457 g/mol. The van der Waals surface area contributed by atoms with E-state index in [0.717, 1.165) is 45.2 Å². The molecule has 0 radical (unpaired) electrons. The van der Waals surface area contributed by atoms with Crippen molar-refractivity contribution in [3.8, 4) is 0 Å². The van der Waals surface area contributed by atoms with Crippen molar-refractivity contribution in [2.75, 3.05) is 53.4 Å². The summed E-state index contributed by atoms with van der Waals surface area (Å²) in [5, 5.41) is 7.33. The zero-order chi connectivity index (χ0) is 18.1. The summed E-state index contributed by atoms with van der Waals surface area (Å²) in [6.45, 7) is 10.3. The summed E-state index contributed by atoms with van der Waals surface area (Å²) in [5.74, 6) is 0.921. The van der Waals surface area contributed by atoms with E-state index in [2.05, 4.69) is 78.7 Å². The Hall–Kier alpha value is -0.510. The molecule has 1 aromatic carbocycles. The van der Waals surface area contributed by atoms with Crippen molar-refractivity contribution >= 4 is 41.7 Å². The average Bonchev–Trinajstić information content (AvgIpc) is 2.61. The van der Waals surface area contributed by atoms with E-state index in [1.165, 1.54) is 4.90 Å². The highest BCUT2D eigenvalue weighted by Crippen LogP contribution is 2.22. The van der Waals surface area contributed by atoms with Crippen LogP contribution in [0.15, 0.2) is 40.2 Å². The Kier molecular flexibility index (Phi) is 11.6. The Bertz CT molecular complexity index is 528. The fourth-order valence-corrected chi connectivity index (χ4v) is 3.79. The lowest BCUT2D eigenvalue weighted by Crippen LogP contribution is -2.55. The molecule has 148 valence electrons. The van der Waals surface area contributed by atoms with Gasteiger partial charge in [-0.15, -0.1) is 35.7 Å². The number of benzene rings is 1. The maximum Gasteiger partial charge on any atom is 0.191 e. The number of guanidine groups is 1. The molecule has 0 bridgehead atoms. The van der Waals surface area contributed by atoms with Crippen LogP contribution in [0, 0.1) is 0 Å². The van der Waals surface area contributed by atoms with E-state index in [-0.39, 0.29) is 24.0 Å². The number of hydrogen-bond donors (Lipinski definition) is 2. The quantitative estimate of drug-likeness (QED) is 0.266. The number of thioether (sulfide) groups is 1. The summed E-state index contributed by atoms with van der Waals surface area (Å²) in [4.78, 5) is 10.9. The van der Waals surface area contributed by atoms with Gasteiger partial charge in [0.25, 0.3) is 0 Å². The molecule has 5 nitrogen and oxygen atoms in total. The predicted octanol–water partition coefficient (Wildman–Crippen LogP) is 2.59. The molecule has 0 saturated carbocycles. The van der Waals surface area contributed by atoms with Gasteiger partial charge in [0, 0.05) is 48.9 Å². The van der Waals surface area contributed by atoms with Gasteiger partial charge in [0.2, 0.25) is 0 Å². The summed E-state index contributed by atoms with van der Waals surface area (Å²) in [5.41, 5.74) is 0. The molecule has 1 aliphatic heterocycles. The molecule has 1 aliphatic rings. The number of piperazine rings is 1. The number of hydrogen-bond acceptors (Lipinski definition) is 4. The summed E-state index contributed by atoms with van der Waals surface area (Å²) in [7, 11) is 4.41. The van der Waals surface area contributed by atoms with E-state index in [9.17, 15) is 0 Å². The highest BCUT2D eigenvalue weighted by molar-refractivity contribution is 14.0. The van der Waals surface area contributed by atoms with Gasteiger partial charge >= 0.3 is 0 Å². The molecule has 1 fully saturated rings. The first kappa shape index (κ1) is 23.5. The number of nitrogens with one attached hydrogen (secondary N) is 2. The SMILES string of the molecule is CCNC(=NCC(C)Sc1ccccc1)NCC1CN(C)CCN1C.I. The van der Waals surface area contributed by atoms with E-state index >= 15 is 0 Å². The van der Waals surface area contributed by atoms with Gasteiger partial charge in [-0.1, -0.05) is 25.1 Å². The van der Waals surface area contributed by atoms with Gasteiger partial charge in [-0.3, -0.25) is 9.89 Å². The Labute approximate surface area is 180 Å². The van der Waals surface area contributed by atoms with Crippen molar-refractivity contribution in [3.63, 3.8) is 0 Å². The van der Waals surface area contributed by atoms with E-state index in [0.29, 0.717) is 11.3 Å². The van der Waals surface area contributed by atoms with Crippen molar-refractivity contribution in [1.82, 2.24) is 20.4 Å². The summed E-state index contributed by atoms with van der Waals surface area (Å²) >= 11 is 1.87. The number of halogens is 1. The number of aliphatic imine (C=N–C) groups is 1. The molecule has 2 atom stereocenters. The molecule has 0 aromatic heterocycles. The predicted molar refractivity (Wildman–Crippen MR) is 125 cm³/mol. The van der Waals surface area contributed by atoms with Crippen molar-refractivity contribution in [2.24, 2.45) is 4.99 Å². The Morgan fingerprint density at radius 1 is 1.23 bits per heavy atom. The second-order valence-electron chi connectivity index (χ2n) is 6.74. The van der Waals surface area contributed by atoms with Gasteiger partial charge in [0.05, 0.1) is 6.54 Å². The molecule has 26 heavy (non-hydrogen) atoms. The van der Waals surface area contributed by atoms with E-state index in [1.807, 2.05) is 11.8 Å². The van der Waals surface area contributed by atoms with Crippen molar-refractivity contribution < 1.29 is 0 Å². The molecule has 1 aromatic rings. The van der Waals surface area contributed by atoms with Crippen LogP contribution in [0.25, 0.3) is 0 Å². The molecule has 0 amide bonds. The zero-order valence-electron chi connectivity index (χ0n) is 16.4. The first-order valence-electron chi connectivity index (χ1n) is 9.21. The lowest BCUT2D eigenvalue weighted by Gasteiger charge is -2.37. The van der Waals surface area contributed by atoms with Gasteiger partial charge < -0.3 is 15.5 Å². The minimum atomic E-state index is 0. The zero-order valence-corrected chi connectivity index (χ0v) is 19.6. The number of rotatable bonds is 7. The third-order valence-corrected chi connectivity index (χ3v) is 5.51. The fourth-order valence-electron chi connectivity index (χ4n) is 2.87. The van der Waals surface area contributed by atoms with E-state index in [4.69, 9.17) is 4.99 Å². The van der Waals surface area contributed by atoms with Gasteiger partial charge in [-0.05, 0) is 33.2 Å². The molecule has 2 N–H and O–H groups in total. The van der Waals surface area contributed by atoms with Crippen molar-refractivity contribution in [2.45, 2.75) is 30.0 Å². The minimum absolute atomic E-state index is 0. The smallest absolute Gasteiger partial charge is 0.191 e. The minimum Gasteiger partial charge on any atom is -0.357 e. The molecule has 1 heterocycles. The summed E-state index contributed by atoms with van der Waals surface area (Å²) in [6.07, 6.45) is 0. The maximum atomic E-state index is 4.78. The third kappa shape index (κ3) is 8.45. The molecule has 2 unspecified atom stereocenters. The van der Waals surface area contributed by atoms with E-state index in [1.54, 1.807) is 0 Å². The van der Waals surface area contributed by atoms with Crippen LogP contribution in [0.4, 0.5) is 0 Å². The van der Waals surface area contributed by atoms with Crippen molar-refractivity contribution in [3.05, 3.63) is 30.3 Å². The first-order chi connectivity index (χ1) is 12.1. The maximum absolute atomic E-state index is 4.78. The Morgan fingerprint density at radius 2 is 1.96 bits per heavy atom. The number of likely N-dealkylation sites (N-methyl/N-ethyl adjacent to an activating group) is 2. The van der Waals surface area contributed by atoms with Crippen LogP contribution < -0.4 is 10.6 Å². The average molecular weight is 491 g/mol. The third-order valence-electron chi connectivity index (χ3n) is 4.42. The largest absolute Gasteiger partial charge is 0.357 e. The second-order valence-corrected chi connectivity index (χ2v) is 8.25. The van der Waals surface area contributed by atoms with Crippen molar-refractivity contribution in [1.29, 1.82) is 0 Å². The van der Waals surface area contributed by atoms with E-state index < -0.39 is 0 Å². The highest BCUT2D eigenvalue weighted by Gasteiger charge is 2.22.